The van der Waals surface area contributed by atoms with Gasteiger partial charge in [0.25, 0.3) is 0 Å². The van der Waals surface area contributed by atoms with Crippen LogP contribution in [-0.2, 0) is 0 Å². The highest BCUT2D eigenvalue weighted by molar-refractivity contribution is 5.05. The molecule has 30 heavy (non-hydrogen) atoms. The maximum atomic E-state index is 3.81. The van der Waals surface area contributed by atoms with Crippen molar-refractivity contribution in [3.63, 3.8) is 0 Å². The summed E-state index contributed by atoms with van der Waals surface area (Å²) in [5.41, 5.74) is 0. The van der Waals surface area contributed by atoms with Gasteiger partial charge in [0, 0.05) is 12.1 Å². The van der Waals surface area contributed by atoms with Gasteiger partial charge in [-0.25, -0.2) is 0 Å². The van der Waals surface area contributed by atoms with E-state index in [1.165, 1.54) is 103 Å². The molecule has 0 amide bonds. The fraction of sp³-hybridized carbons (Fsp3) is 0.857. The molecule has 2 N–H and O–H groups in total. The van der Waals surface area contributed by atoms with Gasteiger partial charge in [-0.3, -0.25) is 0 Å². The first-order valence-corrected chi connectivity index (χ1v) is 13.7. The number of nitrogens with one attached hydrogen (secondary N) is 2. The van der Waals surface area contributed by atoms with Gasteiger partial charge in [-0.2, -0.15) is 0 Å². The van der Waals surface area contributed by atoms with Crippen molar-refractivity contribution in [1.82, 2.24) is 10.6 Å². The summed E-state index contributed by atoms with van der Waals surface area (Å²) < 4.78 is 0. The van der Waals surface area contributed by atoms with Crippen molar-refractivity contribution in [1.29, 1.82) is 0 Å². The second-order valence-corrected chi connectivity index (χ2v) is 11.4. The Labute approximate surface area is 185 Å². The standard InChI is InChI=1S/C28H46N2/c1-3-7-27-25(5-1)23(17-19-29-27)15-13-21-9-11-22(12-10-21)14-16-24-18-20-30-28-8-4-2-6-26(24)28/h13-16,21-30H,1-12,17-20H2/b15-13+,16-14+. The summed E-state index contributed by atoms with van der Waals surface area (Å²) in [5.74, 6) is 5.28. The third-order valence-electron chi connectivity index (χ3n) is 9.58. The summed E-state index contributed by atoms with van der Waals surface area (Å²) in [7, 11) is 0. The van der Waals surface area contributed by atoms with Crippen molar-refractivity contribution in [2.75, 3.05) is 13.1 Å². The molecule has 0 bridgehead atoms. The maximum Gasteiger partial charge on any atom is 0.0101 e. The van der Waals surface area contributed by atoms with Gasteiger partial charge < -0.3 is 10.6 Å². The van der Waals surface area contributed by atoms with E-state index in [0.29, 0.717) is 0 Å². The van der Waals surface area contributed by atoms with Gasteiger partial charge in [0.05, 0.1) is 0 Å². The molecule has 0 aromatic carbocycles. The third-order valence-corrected chi connectivity index (χ3v) is 9.58. The summed E-state index contributed by atoms with van der Waals surface area (Å²) in [5, 5.41) is 7.62. The van der Waals surface area contributed by atoms with Crippen LogP contribution in [0.25, 0.3) is 0 Å². The molecule has 168 valence electrons. The van der Waals surface area contributed by atoms with E-state index in [4.69, 9.17) is 0 Å². The molecule has 2 heteroatoms. The summed E-state index contributed by atoms with van der Waals surface area (Å²) in [6, 6.07) is 1.64. The van der Waals surface area contributed by atoms with E-state index < -0.39 is 0 Å². The predicted molar refractivity (Wildman–Crippen MR) is 127 cm³/mol. The minimum atomic E-state index is 0.821. The van der Waals surface area contributed by atoms with Gasteiger partial charge in [-0.05, 0) is 113 Å². The van der Waals surface area contributed by atoms with Crippen molar-refractivity contribution in [2.45, 2.75) is 102 Å². The monoisotopic (exact) mass is 410 g/mol. The topological polar surface area (TPSA) is 24.1 Å². The van der Waals surface area contributed by atoms with Crippen LogP contribution in [0.2, 0.25) is 0 Å². The van der Waals surface area contributed by atoms with Crippen molar-refractivity contribution >= 4 is 0 Å². The summed E-state index contributed by atoms with van der Waals surface area (Å²) >= 11 is 0. The molecule has 5 fully saturated rings. The summed E-state index contributed by atoms with van der Waals surface area (Å²) in [4.78, 5) is 0. The van der Waals surface area contributed by atoms with E-state index in [0.717, 1.165) is 47.6 Å². The molecular formula is C28H46N2. The Balaban J connectivity index is 1.09. The van der Waals surface area contributed by atoms with Gasteiger partial charge in [-0.1, -0.05) is 50.0 Å². The van der Waals surface area contributed by atoms with Crippen molar-refractivity contribution < 1.29 is 0 Å². The Kier molecular flexibility index (Phi) is 7.33. The Hall–Kier alpha value is -0.600. The van der Waals surface area contributed by atoms with E-state index in [1.807, 2.05) is 0 Å². The van der Waals surface area contributed by atoms with Gasteiger partial charge >= 0.3 is 0 Å². The molecule has 0 aromatic rings. The van der Waals surface area contributed by atoms with E-state index in [2.05, 4.69) is 34.9 Å². The lowest BCUT2D eigenvalue weighted by Gasteiger charge is -2.41. The molecule has 2 nitrogen and oxygen atoms in total. The molecule has 2 heterocycles. The van der Waals surface area contributed by atoms with Gasteiger partial charge in [-0.15, -0.1) is 0 Å². The highest BCUT2D eigenvalue weighted by Crippen LogP contribution is 2.38. The zero-order chi connectivity index (χ0) is 20.2. The average Bonchev–Trinajstić information content (AvgIpc) is 2.82. The minimum Gasteiger partial charge on any atom is -0.314 e. The minimum absolute atomic E-state index is 0.821. The first-order chi connectivity index (χ1) is 14.9. The number of allylic oxidation sites excluding steroid dienone is 4. The molecule has 0 radical (unpaired) electrons. The lowest BCUT2D eigenvalue weighted by Crippen LogP contribution is -2.47. The highest BCUT2D eigenvalue weighted by Gasteiger charge is 2.34. The van der Waals surface area contributed by atoms with Crippen LogP contribution in [0.5, 0.6) is 0 Å². The Bertz CT molecular complexity index is 531. The molecule has 6 atom stereocenters. The number of hydrogen-bond donors (Lipinski definition) is 2. The van der Waals surface area contributed by atoms with Crippen LogP contribution < -0.4 is 10.6 Å². The zero-order valence-electron chi connectivity index (χ0n) is 19.2. The normalized spacial score (nSPS) is 45.3. The zero-order valence-corrected chi connectivity index (χ0v) is 19.2. The fourth-order valence-corrected chi connectivity index (χ4v) is 7.76. The second kappa shape index (κ2) is 10.3. The van der Waals surface area contributed by atoms with E-state index >= 15 is 0 Å². The van der Waals surface area contributed by atoms with Gasteiger partial charge in [0.1, 0.15) is 0 Å². The van der Waals surface area contributed by atoms with E-state index in [9.17, 15) is 0 Å². The number of fused-ring (bicyclic) bond motifs is 2. The van der Waals surface area contributed by atoms with Crippen LogP contribution in [0.1, 0.15) is 89.9 Å². The van der Waals surface area contributed by atoms with E-state index in [1.54, 1.807) is 0 Å². The molecule has 2 aliphatic heterocycles. The molecule has 2 saturated heterocycles. The fourth-order valence-electron chi connectivity index (χ4n) is 7.76. The first kappa shape index (κ1) is 21.3. The number of hydrogen-bond acceptors (Lipinski definition) is 2. The lowest BCUT2D eigenvalue weighted by molar-refractivity contribution is 0.166. The van der Waals surface area contributed by atoms with Crippen molar-refractivity contribution in [3.8, 4) is 0 Å². The first-order valence-electron chi connectivity index (χ1n) is 13.7. The SMILES string of the molecule is C(=C\C1CCNC2CCCCC12)/C1CCC(/C=C/C2CCNC3CCCCC23)CC1. The molecule has 5 rings (SSSR count). The Morgan fingerprint density at radius 3 is 1.33 bits per heavy atom. The maximum absolute atomic E-state index is 3.81. The van der Waals surface area contributed by atoms with Crippen LogP contribution in [0.3, 0.4) is 0 Å². The largest absolute Gasteiger partial charge is 0.314 e. The molecule has 0 spiro atoms. The lowest BCUT2D eigenvalue weighted by atomic mass is 9.71. The van der Waals surface area contributed by atoms with Crippen LogP contribution in [0.4, 0.5) is 0 Å². The molecule has 3 saturated carbocycles. The predicted octanol–water partition coefficient (Wildman–Crippen LogP) is 6.24. The van der Waals surface area contributed by atoms with Crippen LogP contribution in [0, 0.1) is 35.5 Å². The van der Waals surface area contributed by atoms with Crippen LogP contribution >= 0.6 is 0 Å². The Morgan fingerprint density at radius 2 is 0.867 bits per heavy atom. The summed E-state index contributed by atoms with van der Waals surface area (Å²) in [6.45, 7) is 2.48. The highest BCUT2D eigenvalue weighted by atomic mass is 14.9. The molecule has 6 unspecified atom stereocenters. The molecule has 5 aliphatic rings. The van der Waals surface area contributed by atoms with E-state index in [-0.39, 0.29) is 0 Å². The molecule has 3 aliphatic carbocycles. The number of rotatable bonds is 4. The van der Waals surface area contributed by atoms with Crippen molar-refractivity contribution in [3.05, 3.63) is 24.3 Å². The molecule has 0 aromatic heterocycles. The smallest absolute Gasteiger partial charge is 0.0101 e. The summed E-state index contributed by atoms with van der Waals surface area (Å²) in [6.07, 6.45) is 30.6. The van der Waals surface area contributed by atoms with Gasteiger partial charge in [0.2, 0.25) is 0 Å². The average molecular weight is 411 g/mol. The van der Waals surface area contributed by atoms with Crippen LogP contribution in [0.15, 0.2) is 24.3 Å². The van der Waals surface area contributed by atoms with Gasteiger partial charge in [0.15, 0.2) is 0 Å². The van der Waals surface area contributed by atoms with Crippen LogP contribution in [-0.4, -0.2) is 25.2 Å². The molecular weight excluding hydrogens is 364 g/mol. The van der Waals surface area contributed by atoms with Crippen molar-refractivity contribution in [2.24, 2.45) is 35.5 Å². The quantitative estimate of drug-likeness (QED) is 0.536. The number of piperidine rings is 2. The second-order valence-electron chi connectivity index (χ2n) is 11.4. The third kappa shape index (κ3) is 5.07. The Morgan fingerprint density at radius 1 is 0.433 bits per heavy atom.